The van der Waals surface area contributed by atoms with Gasteiger partial charge in [-0.3, -0.25) is 9.48 Å². The van der Waals surface area contributed by atoms with Crippen LogP contribution in [0, 0.1) is 5.82 Å². The summed E-state index contributed by atoms with van der Waals surface area (Å²) in [7, 11) is 1.88. The van der Waals surface area contributed by atoms with Crippen LogP contribution in [0.3, 0.4) is 0 Å². The number of benzene rings is 3. The van der Waals surface area contributed by atoms with Crippen molar-refractivity contribution >= 4 is 34.0 Å². The van der Waals surface area contributed by atoms with E-state index >= 15 is 0 Å². The van der Waals surface area contributed by atoms with Crippen molar-refractivity contribution in [3.05, 3.63) is 96.8 Å². The van der Waals surface area contributed by atoms with Crippen LogP contribution in [0.15, 0.2) is 85.5 Å². The number of hydrogen-bond acceptors (Lipinski definition) is 5. The number of nitrogens with one attached hydrogen (secondary N) is 2. The molecule has 5 rings (SSSR count). The Morgan fingerprint density at radius 3 is 2.58 bits per heavy atom. The Hall–Kier alpha value is -4.59. The van der Waals surface area contributed by atoms with Gasteiger partial charge in [-0.2, -0.15) is 5.10 Å². The van der Waals surface area contributed by atoms with Crippen LogP contribution in [-0.4, -0.2) is 25.7 Å². The number of anilines is 3. The molecular weight excluding hydrogens is 419 g/mol. The predicted octanol–water partition coefficient (Wildman–Crippen LogP) is 5.17. The van der Waals surface area contributed by atoms with Crippen LogP contribution < -0.4 is 10.6 Å². The molecule has 2 aromatic heterocycles. The van der Waals surface area contributed by atoms with E-state index in [0.29, 0.717) is 22.8 Å². The molecule has 0 bridgehead atoms. The van der Waals surface area contributed by atoms with Crippen LogP contribution in [0.1, 0.15) is 10.4 Å². The van der Waals surface area contributed by atoms with Crippen LogP contribution in [0.25, 0.3) is 22.0 Å². The zero-order valence-corrected chi connectivity index (χ0v) is 17.7. The van der Waals surface area contributed by atoms with Crippen molar-refractivity contribution < 1.29 is 9.18 Å². The maximum atomic E-state index is 13.1. The first kappa shape index (κ1) is 20.3. The van der Waals surface area contributed by atoms with Crippen molar-refractivity contribution in [1.82, 2.24) is 19.7 Å². The summed E-state index contributed by atoms with van der Waals surface area (Å²) in [5.41, 5.74) is 4.50. The van der Waals surface area contributed by atoms with Crippen LogP contribution in [0.2, 0.25) is 0 Å². The lowest BCUT2D eigenvalue weighted by Crippen LogP contribution is -2.12. The third kappa shape index (κ3) is 4.40. The molecule has 0 unspecified atom stereocenters. The number of amides is 1. The largest absolute Gasteiger partial charge is 0.340 e. The highest BCUT2D eigenvalue weighted by Crippen LogP contribution is 2.28. The third-order valence-corrected chi connectivity index (χ3v) is 5.16. The average molecular weight is 438 g/mol. The Kier molecular flexibility index (Phi) is 5.24. The fourth-order valence-corrected chi connectivity index (χ4v) is 3.52. The van der Waals surface area contributed by atoms with E-state index in [4.69, 9.17) is 0 Å². The number of fused-ring (bicyclic) bond motifs is 1. The lowest BCUT2D eigenvalue weighted by Gasteiger charge is -2.11. The Morgan fingerprint density at radius 2 is 1.79 bits per heavy atom. The van der Waals surface area contributed by atoms with Gasteiger partial charge in [-0.25, -0.2) is 14.4 Å². The SMILES string of the molecule is Cn1cc(-c2ccc3c(Nc4cccc(C(=O)Nc5ccc(F)cc5)c4)ncnc3c2)cn1. The highest BCUT2D eigenvalue weighted by atomic mass is 19.1. The summed E-state index contributed by atoms with van der Waals surface area (Å²) in [5.74, 6) is -0.0171. The number of hydrogen-bond donors (Lipinski definition) is 2. The summed E-state index contributed by atoms with van der Waals surface area (Å²) in [6.45, 7) is 0. The van der Waals surface area contributed by atoms with Gasteiger partial charge in [-0.15, -0.1) is 0 Å². The molecule has 0 radical (unpaired) electrons. The van der Waals surface area contributed by atoms with Gasteiger partial charge in [0.2, 0.25) is 0 Å². The second kappa shape index (κ2) is 8.51. The second-order valence-corrected chi connectivity index (χ2v) is 7.52. The molecule has 7 nitrogen and oxygen atoms in total. The number of rotatable bonds is 5. The molecule has 2 heterocycles. The summed E-state index contributed by atoms with van der Waals surface area (Å²) >= 11 is 0. The molecule has 0 aliphatic rings. The molecule has 162 valence electrons. The topological polar surface area (TPSA) is 84.7 Å². The summed E-state index contributed by atoms with van der Waals surface area (Å²) in [6.07, 6.45) is 5.26. The van der Waals surface area contributed by atoms with Gasteiger partial charge >= 0.3 is 0 Å². The predicted molar refractivity (Wildman–Crippen MR) is 126 cm³/mol. The van der Waals surface area contributed by atoms with E-state index in [1.54, 1.807) is 22.9 Å². The standard InChI is InChI=1S/C25H19FN6O/c1-32-14-18(13-29-32)16-5-10-22-23(12-16)27-15-28-24(22)30-21-4-2-3-17(11-21)25(33)31-20-8-6-19(26)7-9-20/h2-15H,1H3,(H,31,33)(H,27,28,30). The Labute approximate surface area is 188 Å². The highest BCUT2D eigenvalue weighted by molar-refractivity contribution is 6.05. The lowest BCUT2D eigenvalue weighted by atomic mass is 10.1. The normalized spacial score (nSPS) is 10.8. The first-order valence-electron chi connectivity index (χ1n) is 10.2. The van der Waals surface area contributed by atoms with Crippen molar-refractivity contribution in [1.29, 1.82) is 0 Å². The highest BCUT2D eigenvalue weighted by Gasteiger charge is 2.10. The summed E-state index contributed by atoms with van der Waals surface area (Å²) in [4.78, 5) is 21.4. The number of aryl methyl sites for hydroxylation is 1. The smallest absolute Gasteiger partial charge is 0.255 e. The van der Waals surface area contributed by atoms with Crippen LogP contribution in [-0.2, 0) is 7.05 Å². The molecule has 0 atom stereocenters. The molecule has 33 heavy (non-hydrogen) atoms. The first-order chi connectivity index (χ1) is 16.0. The third-order valence-electron chi connectivity index (χ3n) is 5.16. The molecule has 2 N–H and O–H groups in total. The fourth-order valence-electron chi connectivity index (χ4n) is 3.52. The van der Waals surface area contributed by atoms with E-state index in [9.17, 15) is 9.18 Å². The van der Waals surface area contributed by atoms with E-state index in [0.717, 1.165) is 22.0 Å². The van der Waals surface area contributed by atoms with Crippen molar-refractivity contribution in [2.75, 3.05) is 10.6 Å². The maximum absolute atomic E-state index is 13.1. The van der Waals surface area contributed by atoms with Crippen LogP contribution in [0.4, 0.5) is 21.6 Å². The van der Waals surface area contributed by atoms with Gasteiger partial charge < -0.3 is 10.6 Å². The van der Waals surface area contributed by atoms with E-state index in [-0.39, 0.29) is 11.7 Å². The number of halogens is 1. The van der Waals surface area contributed by atoms with Gasteiger partial charge in [0, 0.05) is 41.1 Å². The van der Waals surface area contributed by atoms with Crippen LogP contribution in [0.5, 0.6) is 0 Å². The van der Waals surface area contributed by atoms with Crippen molar-refractivity contribution in [3.8, 4) is 11.1 Å². The number of nitrogens with zero attached hydrogens (tertiary/aromatic N) is 4. The molecule has 5 aromatic rings. The average Bonchev–Trinajstić information content (AvgIpc) is 3.27. The Morgan fingerprint density at radius 1 is 0.939 bits per heavy atom. The van der Waals surface area contributed by atoms with Gasteiger partial charge in [-0.1, -0.05) is 12.1 Å². The maximum Gasteiger partial charge on any atom is 0.255 e. The van der Waals surface area contributed by atoms with Crippen molar-refractivity contribution in [3.63, 3.8) is 0 Å². The number of carbonyl (C=O) groups is 1. The van der Waals surface area contributed by atoms with Gasteiger partial charge in [0.25, 0.3) is 5.91 Å². The molecule has 0 spiro atoms. The molecular formula is C25H19FN6O. The molecule has 8 heteroatoms. The second-order valence-electron chi connectivity index (χ2n) is 7.52. The summed E-state index contributed by atoms with van der Waals surface area (Å²) in [6, 6.07) is 18.7. The minimum Gasteiger partial charge on any atom is -0.340 e. The molecule has 0 fully saturated rings. The fraction of sp³-hybridized carbons (Fsp3) is 0.0400. The number of carbonyl (C=O) groups excluding carboxylic acids is 1. The lowest BCUT2D eigenvalue weighted by molar-refractivity contribution is 0.102. The van der Waals surface area contributed by atoms with E-state index in [2.05, 4.69) is 25.7 Å². The van der Waals surface area contributed by atoms with Gasteiger partial charge in [0.15, 0.2) is 0 Å². The number of aromatic nitrogens is 4. The van der Waals surface area contributed by atoms with Crippen molar-refractivity contribution in [2.24, 2.45) is 7.05 Å². The van der Waals surface area contributed by atoms with E-state index in [1.165, 1.54) is 30.6 Å². The Balaban J connectivity index is 1.39. The van der Waals surface area contributed by atoms with E-state index in [1.807, 2.05) is 43.7 Å². The van der Waals surface area contributed by atoms with E-state index < -0.39 is 0 Å². The quantitative estimate of drug-likeness (QED) is 0.396. The van der Waals surface area contributed by atoms with Crippen molar-refractivity contribution in [2.45, 2.75) is 0 Å². The zero-order valence-electron chi connectivity index (χ0n) is 17.7. The molecule has 3 aromatic carbocycles. The summed E-state index contributed by atoms with van der Waals surface area (Å²) < 4.78 is 14.8. The molecule has 0 aliphatic carbocycles. The van der Waals surface area contributed by atoms with Gasteiger partial charge in [0.1, 0.15) is 18.0 Å². The molecule has 0 saturated heterocycles. The minimum atomic E-state index is -0.358. The Bertz CT molecular complexity index is 1460. The van der Waals surface area contributed by atoms with Gasteiger partial charge in [0.05, 0.1) is 11.7 Å². The van der Waals surface area contributed by atoms with Gasteiger partial charge in [-0.05, 0) is 60.2 Å². The molecule has 1 amide bonds. The molecule has 0 aliphatic heterocycles. The monoisotopic (exact) mass is 438 g/mol. The minimum absolute atomic E-state index is 0.293. The summed E-state index contributed by atoms with van der Waals surface area (Å²) in [5, 5.41) is 11.1. The first-order valence-corrected chi connectivity index (χ1v) is 10.2. The van der Waals surface area contributed by atoms with Crippen LogP contribution >= 0.6 is 0 Å². The zero-order chi connectivity index (χ0) is 22.8. The molecule has 0 saturated carbocycles.